The van der Waals surface area contributed by atoms with E-state index in [0.29, 0.717) is 19.2 Å². The summed E-state index contributed by atoms with van der Waals surface area (Å²) in [5.74, 6) is 2.65. The van der Waals surface area contributed by atoms with Gasteiger partial charge in [-0.2, -0.15) is 0 Å². The molecule has 1 N–H and O–H groups in total. The van der Waals surface area contributed by atoms with Crippen molar-refractivity contribution in [3.8, 4) is 0 Å². The third-order valence-electron chi connectivity index (χ3n) is 5.02. The molecule has 8 heteroatoms. The SMILES string of the molecule is COCc1ccc(CN[C@@H]2CCN(c3nc(C(=O)N(C)C)nc(C)c3C)C2)o1. The van der Waals surface area contributed by atoms with Crippen LogP contribution < -0.4 is 10.2 Å². The van der Waals surface area contributed by atoms with E-state index in [-0.39, 0.29) is 11.7 Å². The van der Waals surface area contributed by atoms with Crippen LogP contribution in [0.2, 0.25) is 0 Å². The molecule has 2 aromatic heterocycles. The van der Waals surface area contributed by atoms with Crippen molar-refractivity contribution >= 4 is 11.7 Å². The fraction of sp³-hybridized carbons (Fsp3) is 0.550. The number of carbonyl (C=O) groups excluding carboxylic acids is 1. The van der Waals surface area contributed by atoms with Crippen molar-refractivity contribution in [3.05, 3.63) is 40.7 Å². The first kappa shape index (κ1) is 20.3. The highest BCUT2D eigenvalue weighted by Gasteiger charge is 2.26. The molecule has 152 valence electrons. The van der Waals surface area contributed by atoms with Gasteiger partial charge in [-0.05, 0) is 32.4 Å². The first-order valence-electron chi connectivity index (χ1n) is 9.50. The van der Waals surface area contributed by atoms with Crippen molar-refractivity contribution in [2.24, 2.45) is 0 Å². The third kappa shape index (κ3) is 4.51. The van der Waals surface area contributed by atoms with Gasteiger partial charge in [-0.1, -0.05) is 0 Å². The molecule has 0 aromatic carbocycles. The first-order valence-corrected chi connectivity index (χ1v) is 9.50. The van der Waals surface area contributed by atoms with Gasteiger partial charge in [0.2, 0.25) is 5.82 Å². The van der Waals surface area contributed by atoms with E-state index < -0.39 is 0 Å². The van der Waals surface area contributed by atoms with Gasteiger partial charge in [0.05, 0.1) is 6.54 Å². The lowest BCUT2D eigenvalue weighted by molar-refractivity contribution is 0.0815. The molecule has 1 aliphatic heterocycles. The van der Waals surface area contributed by atoms with Crippen LogP contribution in [-0.2, 0) is 17.9 Å². The molecule has 1 atom stereocenters. The van der Waals surface area contributed by atoms with E-state index in [1.54, 1.807) is 21.2 Å². The second-order valence-electron chi connectivity index (χ2n) is 7.39. The highest BCUT2D eigenvalue weighted by molar-refractivity contribution is 5.90. The van der Waals surface area contributed by atoms with Crippen LogP contribution in [0.15, 0.2) is 16.5 Å². The predicted octanol–water partition coefficient (Wildman–Crippen LogP) is 1.90. The van der Waals surface area contributed by atoms with Gasteiger partial charge < -0.3 is 24.3 Å². The van der Waals surface area contributed by atoms with Gasteiger partial charge in [0.1, 0.15) is 23.9 Å². The zero-order valence-electron chi connectivity index (χ0n) is 17.3. The molecule has 0 spiro atoms. The lowest BCUT2D eigenvalue weighted by Crippen LogP contribution is -2.33. The maximum Gasteiger partial charge on any atom is 0.291 e. The second-order valence-corrected chi connectivity index (χ2v) is 7.39. The monoisotopic (exact) mass is 387 g/mol. The number of hydrogen-bond donors (Lipinski definition) is 1. The third-order valence-corrected chi connectivity index (χ3v) is 5.02. The summed E-state index contributed by atoms with van der Waals surface area (Å²) in [6.45, 7) is 6.81. The van der Waals surface area contributed by atoms with Crippen LogP contribution >= 0.6 is 0 Å². The number of methoxy groups -OCH3 is 1. The Hall–Kier alpha value is -2.45. The first-order chi connectivity index (χ1) is 13.4. The zero-order valence-corrected chi connectivity index (χ0v) is 17.3. The Labute approximate surface area is 165 Å². The smallest absolute Gasteiger partial charge is 0.291 e. The molecule has 1 aliphatic rings. The lowest BCUT2D eigenvalue weighted by atomic mass is 10.2. The maximum atomic E-state index is 12.3. The Balaban J connectivity index is 1.65. The van der Waals surface area contributed by atoms with E-state index >= 15 is 0 Å². The van der Waals surface area contributed by atoms with Crippen LogP contribution in [0.5, 0.6) is 0 Å². The molecule has 3 rings (SSSR count). The molecule has 8 nitrogen and oxygen atoms in total. The van der Waals surface area contributed by atoms with E-state index in [1.807, 2.05) is 26.0 Å². The topological polar surface area (TPSA) is 83.7 Å². The summed E-state index contributed by atoms with van der Waals surface area (Å²) in [5, 5.41) is 3.55. The summed E-state index contributed by atoms with van der Waals surface area (Å²) >= 11 is 0. The number of carbonyl (C=O) groups is 1. The summed E-state index contributed by atoms with van der Waals surface area (Å²) in [6.07, 6.45) is 1.01. The fourth-order valence-corrected chi connectivity index (χ4v) is 3.32. The summed E-state index contributed by atoms with van der Waals surface area (Å²) < 4.78 is 10.8. The molecule has 0 aliphatic carbocycles. The number of amides is 1. The van der Waals surface area contributed by atoms with Gasteiger partial charge in [0, 0.05) is 51.6 Å². The Morgan fingerprint density at radius 1 is 1.32 bits per heavy atom. The van der Waals surface area contributed by atoms with Gasteiger partial charge in [0.15, 0.2) is 0 Å². The van der Waals surface area contributed by atoms with Crippen molar-refractivity contribution in [1.82, 2.24) is 20.2 Å². The number of anilines is 1. The summed E-state index contributed by atoms with van der Waals surface area (Å²) in [6, 6.07) is 4.25. The number of furan rings is 1. The minimum absolute atomic E-state index is 0.178. The Bertz CT molecular complexity index is 833. The van der Waals surface area contributed by atoms with Crippen LogP contribution in [-0.4, -0.2) is 61.1 Å². The average Bonchev–Trinajstić information content (AvgIpc) is 3.31. The van der Waals surface area contributed by atoms with Crippen molar-refractivity contribution in [1.29, 1.82) is 0 Å². The Morgan fingerprint density at radius 3 is 2.79 bits per heavy atom. The number of nitrogens with zero attached hydrogens (tertiary/aromatic N) is 4. The number of hydrogen-bond acceptors (Lipinski definition) is 7. The van der Waals surface area contributed by atoms with Crippen molar-refractivity contribution < 1.29 is 13.9 Å². The molecular weight excluding hydrogens is 358 g/mol. The Kier molecular flexibility index (Phi) is 6.31. The molecule has 2 aromatic rings. The quantitative estimate of drug-likeness (QED) is 0.777. The standard InChI is InChI=1S/C20H29N5O3/c1-13-14(2)22-18(20(26)24(3)4)23-19(13)25-9-8-15(11-25)21-10-16-6-7-17(28-16)12-27-5/h6-7,15,21H,8-12H2,1-5H3/t15-/m1/s1. The molecule has 0 unspecified atom stereocenters. The van der Waals surface area contributed by atoms with Gasteiger partial charge in [-0.3, -0.25) is 4.79 Å². The number of aryl methyl sites for hydroxylation is 1. The van der Waals surface area contributed by atoms with Crippen LogP contribution in [0.4, 0.5) is 5.82 Å². The largest absolute Gasteiger partial charge is 0.462 e. The van der Waals surface area contributed by atoms with Gasteiger partial charge in [-0.25, -0.2) is 9.97 Å². The maximum absolute atomic E-state index is 12.3. The zero-order chi connectivity index (χ0) is 20.3. The van der Waals surface area contributed by atoms with Gasteiger partial charge >= 0.3 is 0 Å². The van der Waals surface area contributed by atoms with Gasteiger partial charge in [-0.15, -0.1) is 0 Å². The molecule has 0 bridgehead atoms. The minimum atomic E-state index is -0.178. The van der Waals surface area contributed by atoms with Crippen LogP contribution in [0.25, 0.3) is 0 Å². The number of ether oxygens (including phenoxy) is 1. The van der Waals surface area contributed by atoms with Crippen molar-refractivity contribution in [3.63, 3.8) is 0 Å². The van der Waals surface area contributed by atoms with E-state index in [2.05, 4.69) is 20.2 Å². The summed E-state index contributed by atoms with van der Waals surface area (Å²) in [7, 11) is 5.08. The normalized spacial score (nSPS) is 16.6. The number of nitrogens with one attached hydrogen (secondary N) is 1. The minimum Gasteiger partial charge on any atom is -0.462 e. The van der Waals surface area contributed by atoms with Crippen molar-refractivity contribution in [2.75, 3.05) is 39.2 Å². The average molecular weight is 387 g/mol. The molecule has 3 heterocycles. The molecule has 0 radical (unpaired) electrons. The lowest BCUT2D eigenvalue weighted by Gasteiger charge is -2.22. The number of aromatic nitrogens is 2. The second kappa shape index (κ2) is 8.70. The summed E-state index contributed by atoms with van der Waals surface area (Å²) in [4.78, 5) is 25.0. The van der Waals surface area contributed by atoms with Crippen LogP contribution in [0, 0.1) is 13.8 Å². The predicted molar refractivity (Wildman–Crippen MR) is 106 cm³/mol. The number of rotatable bonds is 7. The fourth-order valence-electron chi connectivity index (χ4n) is 3.32. The Morgan fingerprint density at radius 2 is 2.07 bits per heavy atom. The van der Waals surface area contributed by atoms with Crippen LogP contribution in [0.3, 0.4) is 0 Å². The molecule has 28 heavy (non-hydrogen) atoms. The molecular formula is C20H29N5O3. The molecule has 1 amide bonds. The van der Waals surface area contributed by atoms with E-state index in [4.69, 9.17) is 9.15 Å². The summed E-state index contributed by atoms with van der Waals surface area (Å²) in [5.41, 5.74) is 1.86. The van der Waals surface area contributed by atoms with Crippen LogP contribution in [0.1, 0.15) is 39.8 Å². The van der Waals surface area contributed by atoms with E-state index in [9.17, 15) is 4.79 Å². The van der Waals surface area contributed by atoms with E-state index in [0.717, 1.165) is 48.1 Å². The van der Waals surface area contributed by atoms with E-state index in [1.165, 1.54) is 4.90 Å². The highest BCUT2D eigenvalue weighted by atomic mass is 16.5. The van der Waals surface area contributed by atoms with Crippen molar-refractivity contribution in [2.45, 2.75) is 39.5 Å². The molecule has 0 saturated carbocycles. The highest BCUT2D eigenvalue weighted by Crippen LogP contribution is 2.24. The van der Waals surface area contributed by atoms with Gasteiger partial charge in [0.25, 0.3) is 5.91 Å². The molecule has 1 saturated heterocycles. The molecule has 1 fully saturated rings.